The topological polar surface area (TPSA) is 89.7 Å². The second-order valence-corrected chi connectivity index (χ2v) is 9.99. The van der Waals surface area contributed by atoms with Gasteiger partial charge in [0.05, 0.1) is 29.3 Å². The fourth-order valence-electron chi connectivity index (χ4n) is 5.45. The van der Waals surface area contributed by atoms with Gasteiger partial charge in [-0.15, -0.1) is 0 Å². The van der Waals surface area contributed by atoms with Gasteiger partial charge >= 0.3 is 0 Å². The van der Waals surface area contributed by atoms with Crippen molar-refractivity contribution in [1.82, 2.24) is 30.2 Å². The Bertz CT molecular complexity index is 1520. The molecule has 5 aromatic rings. The standard InChI is InChI=1S/C31H32N6O.CH4/c38-29-15-17-34-31-25(29)7-5-10-28(31)37(21-30-35-26-8-1-2-9-27(26)36-30)20-23-13-11-22(12-14-23)18-32-19-24-6-3-4-16-33-24;/h1-4,6,8-9,11-17,28,32H,5,7,10,18-21H2,(H,34,38)(H,35,36);1H4. The van der Waals surface area contributed by atoms with Crippen LogP contribution in [0.25, 0.3) is 11.0 Å². The molecule has 0 spiro atoms. The summed E-state index contributed by atoms with van der Waals surface area (Å²) in [7, 11) is 0. The number of fused-ring (bicyclic) bond motifs is 2. The molecule has 1 unspecified atom stereocenters. The van der Waals surface area contributed by atoms with Crippen molar-refractivity contribution < 1.29 is 0 Å². The largest absolute Gasteiger partial charge is 0.363 e. The number of nitrogens with zero attached hydrogens (tertiary/aromatic N) is 3. The van der Waals surface area contributed by atoms with E-state index in [4.69, 9.17) is 4.98 Å². The van der Waals surface area contributed by atoms with Crippen molar-refractivity contribution in [2.24, 2.45) is 0 Å². The summed E-state index contributed by atoms with van der Waals surface area (Å²) in [6.45, 7) is 2.97. The van der Waals surface area contributed by atoms with Crippen LogP contribution in [0.4, 0.5) is 0 Å². The molecular formula is C32H36N6O. The lowest BCUT2D eigenvalue weighted by molar-refractivity contribution is 0.153. The summed E-state index contributed by atoms with van der Waals surface area (Å²) in [5.74, 6) is 0.937. The molecule has 1 aliphatic carbocycles. The maximum Gasteiger partial charge on any atom is 0.185 e. The molecule has 7 nitrogen and oxygen atoms in total. The van der Waals surface area contributed by atoms with Crippen LogP contribution in [0.15, 0.2) is 90.0 Å². The van der Waals surface area contributed by atoms with Crippen molar-refractivity contribution >= 4 is 11.0 Å². The molecule has 0 saturated carbocycles. The van der Waals surface area contributed by atoms with E-state index in [0.29, 0.717) is 6.54 Å². The molecular weight excluding hydrogens is 484 g/mol. The minimum absolute atomic E-state index is 0. The third-order valence-corrected chi connectivity index (χ3v) is 7.34. The first kappa shape index (κ1) is 26.5. The van der Waals surface area contributed by atoms with Crippen LogP contribution in [-0.2, 0) is 32.6 Å². The van der Waals surface area contributed by atoms with E-state index in [9.17, 15) is 4.79 Å². The smallest absolute Gasteiger partial charge is 0.185 e. The SMILES string of the molecule is C.O=c1cc[nH]c2c1CCCC2N(Cc1ccc(CNCc2ccccn2)cc1)Cc1nc2ccccc2[nH]1. The molecule has 7 heteroatoms. The molecule has 0 amide bonds. The van der Waals surface area contributed by atoms with Gasteiger partial charge in [0.15, 0.2) is 5.43 Å². The molecule has 1 aliphatic rings. The van der Waals surface area contributed by atoms with Crippen molar-refractivity contribution in [2.45, 2.75) is 58.9 Å². The van der Waals surface area contributed by atoms with Crippen molar-refractivity contribution in [3.05, 3.63) is 129 Å². The van der Waals surface area contributed by atoms with Crippen LogP contribution in [0.5, 0.6) is 0 Å². The summed E-state index contributed by atoms with van der Waals surface area (Å²) in [4.78, 5) is 31.2. The average Bonchev–Trinajstić information content (AvgIpc) is 3.37. The normalized spacial score (nSPS) is 14.7. The first-order chi connectivity index (χ1) is 18.7. The number of aromatic nitrogens is 4. The number of rotatable bonds is 9. The van der Waals surface area contributed by atoms with E-state index in [-0.39, 0.29) is 18.9 Å². The molecule has 0 radical (unpaired) electrons. The molecule has 3 N–H and O–H groups in total. The molecule has 3 aromatic heterocycles. The van der Waals surface area contributed by atoms with Gasteiger partial charge in [-0.25, -0.2) is 4.98 Å². The number of para-hydroxylation sites is 2. The Hall–Kier alpha value is -4.07. The summed E-state index contributed by atoms with van der Waals surface area (Å²) in [6.07, 6.45) is 6.44. The van der Waals surface area contributed by atoms with Gasteiger partial charge in [-0.1, -0.05) is 49.9 Å². The van der Waals surface area contributed by atoms with E-state index in [1.807, 2.05) is 42.6 Å². The van der Waals surface area contributed by atoms with E-state index < -0.39 is 0 Å². The van der Waals surface area contributed by atoms with Crippen LogP contribution in [0, 0.1) is 0 Å². The number of benzene rings is 2. The maximum atomic E-state index is 12.6. The summed E-state index contributed by atoms with van der Waals surface area (Å²) in [6, 6.07) is 24.7. The van der Waals surface area contributed by atoms with Crippen molar-refractivity contribution in [3.8, 4) is 0 Å². The highest BCUT2D eigenvalue weighted by Gasteiger charge is 2.28. The fraction of sp³-hybridized carbons (Fsp3) is 0.281. The first-order valence-corrected chi connectivity index (χ1v) is 13.3. The Morgan fingerprint density at radius 2 is 1.74 bits per heavy atom. The van der Waals surface area contributed by atoms with Crippen LogP contribution in [0.1, 0.15) is 60.2 Å². The van der Waals surface area contributed by atoms with Gasteiger partial charge in [-0.05, 0) is 54.7 Å². The zero-order chi connectivity index (χ0) is 25.7. The predicted molar refractivity (Wildman–Crippen MR) is 156 cm³/mol. The lowest BCUT2D eigenvalue weighted by atomic mass is 9.90. The number of hydrogen-bond donors (Lipinski definition) is 3. The average molecular weight is 521 g/mol. The quantitative estimate of drug-likeness (QED) is 0.234. The number of aromatic amines is 2. The summed E-state index contributed by atoms with van der Waals surface area (Å²) >= 11 is 0. The molecule has 200 valence electrons. The maximum absolute atomic E-state index is 12.6. The Morgan fingerprint density at radius 3 is 2.56 bits per heavy atom. The van der Waals surface area contributed by atoms with Gasteiger partial charge in [0, 0.05) is 49.4 Å². The summed E-state index contributed by atoms with van der Waals surface area (Å²) in [5, 5.41) is 3.47. The number of H-pyrrole nitrogens is 2. The molecule has 0 saturated heterocycles. The Balaban J connectivity index is 0.00000308. The zero-order valence-corrected chi connectivity index (χ0v) is 21.4. The van der Waals surface area contributed by atoms with E-state index in [1.54, 1.807) is 12.3 Å². The minimum Gasteiger partial charge on any atom is -0.363 e. The van der Waals surface area contributed by atoms with Crippen molar-refractivity contribution in [1.29, 1.82) is 0 Å². The van der Waals surface area contributed by atoms with E-state index in [0.717, 1.165) is 72.7 Å². The van der Waals surface area contributed by atoms with Gasteiger partial charge < -0.3 is 15.3 Å². The van der Waals surface area contributed by atoms with E-state index in [2.05, 4.69) is 55.5 Å². The van der Waals surface area contributed by atoms with Gasteiger partial charge in [0.25, 0.3) is 0 Å². The number of nitrogens with one attached hydrogen (secondary N) is 3. The predicted octanol–water partition coefficient (Wildman–Crippen LogP) is 5.65. The van der Waals surface area contributed by atoms with Gasteiger partial charge in [0.1, 0.15) is 5.82 Å². The summed E-state index contributed by atoms with van der Waals surface area (Å²) in [5.41, 5.74) is 7.64. The van der Waals surface area contributed by atoms with E-state index >= 15 is 0 Å². The molecule has 0 fully saturated rings. The molecule has 6 rings (SSSR count). The third kappa shape index (κ3) is 6.16. The Kier molecular flexibility index (Phi) is 8.30. The molecule has 39 heavy (non-hydrogen) atoms. The first-order valence-electron chi connectivity index (χ1n) is 13.3. The highest BCUT2D eigenvalue weighted by atomic mass is 16.1. The third-order valence-electron chi connectivity index (χ3n) is 7.34. The highest BCUT2D eigenvalue weighted by molar-refractivity contribution is 5.74. The van der Waals surface area contributed by atoms with Gasteiger partial charge in [0.2, 0.25) is 0 Å². The van der Waals surface area contributed by atoms with Crippen LogP contribution in [0.2, 0.25) is 0 Å². The number of imidazole rings is 1. The molecule has 0 bridgehead atoms. The second-order valence-electron chi connectivity index (χ2n) is 9.99. The molecule has 1 atom stereocenters. The number of pyridine rings is 2. The second kappa shape index (κ2) is 12.2. The minimum atomic E-state index is 0. The van der Waals surface area contributed by atoms with E-state index in [1.165, 1.54) is 11.1 Å². The van der Waals surface area contributed by atoms with Crippen molar-refractivity contribution in [3.63, 3.8) is 0 Å². The molecule has 2 aromatic carbocycles. The Morgan fingerprint density at radius 1 is 0.923 bits per heavy atom. The van der Waals surface area contributed by atoms with Crippen LogP contribution < -0.4 is 10.7 Å². The number of hydrogen-bond acceptors (Lipinski definition) is 5. The monoisotopic (exact) mass is 520 g/mol. The fourth-order valence-corrected chi connectivity index (χ4v) is 5.45. The van der Waals surface area contributed by atoms with Crippen molar-refractivity contribution in [2.75, 3.05) is 0 Å². The summed E-state index contributed by atoms with van der Waals surface area (Å²) < 4.78 is 0. The zero-order valence-electron chi connectivity index (χ0n) is 21.4. The van der Waals surface area contributed by atoms with Gasteiger partial charge in [-0.2, -0.15) is 0 Å². The lowest BCUT2D eigenvalue weighted by Gasteiger charge is -2.35. The Labute approximate surface area is 229 Å². The highest BCUT2D eigenvalue weighted by Crippen LogP contribution is 2.33. The molecule has 0 aliphatic heterocycles. The van der Waals surface area contributed by atoms with Crippen LogP contribution in [-0.4, -0.2) is 24.8 Å². The molecule has 3 heterocycles. The lowest BCUT2D eigenvalue weighted by Crippen LogP contribution is -2.33. The van der Waals surface area contributed by atoms with Crippen LogP contribution >= 0.6 is 0 Å². The van der Waals surface area contributed by atoms with Crippen LogP contribution in [0.3, 0.4) is 0 Å². The van der Waals surface area contributed by atoms with Gasteiger partial charge in [-0.3, -0.25) is 14.7 Å².